The van der Waals surface area contributed by atoms with Crippen LogP contribution in [0.25, 0.3) is 0 Å². The summed E-state index contributed by atoms with van der Waals surface area (Å²) < 4.78 is 0. The van der Waals surface area contributed by atoms with Crippen molar-refractivity contribution < 1.29 is 0 Å². The molecule has 5 heteroatoms. The van der Waals surface area contributed by atoms with Gasteiger partial charge < -0.3 is 15.5 Å². The number of aromatic nitrogens is 1. The molecule has 108 valence electrons. The Balaban J connectivity index is 2.25. The van der Waals surface area contributed by atoms with Gasteiger partial charge >= 0.3 is 0 Å². The molecule has 2 rings (SSSR count). The molecule has 1 aromatic rings. The highest BCUT2D eigenvalue weighted by molar-refractivity contribution is 7.15. The van der Waals surface area contributed by atoms with E-state index in [1.54, 1.807) is 11.3 Å². The van der Waals surface area contributed by atoms with Gasteiger partial charge in [0.25, 0.3) is 0 Å². The first-order valence-electron chi connectivity index (χ1n) is 7.17. The van der Waals surface area contributed by atoms with Crippen LogP contribution < -0.4 is 10.6 Å². The summed E-state index contributed by atoms with van der Waals surface area (Å²) in [6.07, 6.45) is 1.20. The van der Waals surface area contributed by atoms with Gasteiger partial charge in [-0.1, -0.05) is 13.8 Å². The second kappa shape index (κ2) is 6.20. The molecule has 2 heterocycles. The van der Waals surface area contributed by atoms with E-state index in [1.165, 1.54) is 23.5 Å². The molecule has 0 amide bonds. The molecule has 1 fully saturated rings. The number of anilines is 1. The highest BCUT2D eigenvalue weighted by atomic mass is 32.1. The number of hydrogen-bond acceptors (Lipinski definition) is 5. The molecule has 0 aliphatic carbocycles. The first-order valence-corrected chi connectivity index (χ1v) is 7.99. The number of thiazole rings is 1. The van der Waals surface area contributed by atoms with Crippen molar-refractivity contribution in [2.24, 2.45) is 5.73 Å². The van der Waals surface area contributed by atoms with Crippen LogP contribution in [0.4, 0.5) is 5.13 Å². The molecule has 2 N–H and O–H groups in total. The molecule has 0 aromatic carbocycles. The van der Waals surface area contributed by atoms with Gasteiger partial charge in [-0.2, -0.15) is 0 Å². The lowest BCUT2D eigenvalue weighted by Crippen LogP contribution is -2.37. The first kappa shape index (κ1) is 14.8. The number of hydrogen-bond donors (Lipinski definition) is 1. The number of rotatable bonds is 3. The summed E-state index contributed by atoms with van der Waals surface area (Å²) in [6, 6.07) is 0.518. The van der Waals surface area contributed by atoms with Gasteiger partial charge in [-0.05, 0) is 32.9 Å². The third kappa shape index (κ3) is 3.27. The van der Waals surface area contributed by atoms with E-state index in [1.807, 2.05) is 0 Å². The minimum Gasteiger partial charge on any atom is -0.344 e. The molecule has 19 heavy (non-hydrogen) atoms. The van der Waals surface area contributed by atoms with Gasteiger partial charge in [0, 0.05) is 30.6 Å². The molecule has 1 aliphatic rings. The van der Waals surface area contributed by atoms with Gasteiger partial charge in [0.15, 0.2) is 5.13 Å². The molecule has 1 atom stereocenters. The smallest absolute Gasteiger partial charge is 0.186 e. The third-order valence-electron chi connectivity index (χ3n) is 3.74. The van der Waals surface area contributed by atoms with Crippen molar-refractivity contribution in [2.45, 2.75) is 45.7 Å². The van der Waals surface area contributed by atoms with Crippen molar-refractivity contribution in [1.82, 2.24) is 9.88 Å². The average Bonchev–Trinajstić information content (AvgIpc) is 2.70. The van der Waals surface area contributed by atoms with Gasteiger partial charge in [-0.15, -0.1) is 11.3 Å². The maximum absolute atomic E-state index is 5.86. The fraction of sp³-hybridized carbons (Fsp3) is 0.786. The number of nitrogens with zero attached hydrogens (tertiary/aromatic N) is 3. The summed E-state index contributed by atoms with van der Waals surface area (Å²) in [5.74, 6) is 0.452. The van der Waals surface area contributed by atoms with Crippen LogP contribution in [0.1, 0.15) is 43.7 Å². The Bertz CT molecular complexity index is 416. The number of likely N-dealkylation sites (N-methyl/N-ethyl adjacent to an activating group) is 1. The molecule has 0 bridgehead atoms. The van der Waals surface area contributed by atoms with Crippen molar-refractivity contribution in [3.63, 3.8) is 0 Å². The largest absolute Gasteiger partial charge is 0.344 e. The topological polar surface area (TPSA) is 45.4 Å². The zero-order valence-electron chi connectivity index (χ0n) is 12.5. The Kier molecular flexibility index (Phi) is 4.81. The van der Waals surface area contributed by atoms with Gasteiger partial charge in [-0.3, -0.25) is 0 Å². The van der Waals surface area contributed by atoms with E-state index in [-0.39, 0.29) is 0 Å². The molecule has 1 unspecified atom stereocenters. The van der Waals surface area contributed by atoms with Crippen molar-refractivity contribution in [2.75, 3.05) is 31.6 Å². The Labute approximate surface area is 120 Å². The Morgan fingerprint density at radius 1 is 1.42 bits per heavy atom. The van der Waals surface area contributed by atoms with Crippen LogP contribution >= 0.6 is 11.3 Å². The van der Waals surface area contributed by atoms with Gasteiger partial charge in [0.2, 0.25) is 0 Å². The summed E-state index contributed by atoms with van der Waals surface area (Å²) in [7, 11) is 2.20. The molecule has 0 radical (unpaired) electrons. The molecule has 0 spiro atoms. The SMILES string of the molecule is CC(C)c1nc(N2CCCN(C)CC2C)sc1CN. The quantitative estimate of drug-likeness (QED) is 0.923. The molecule has 1 aromatic heterocycles. The van der Waals surface area contributed by atoms with E-state index in [0.717, 1.165) is 18.2 Å². The lowest BCUT2D eigenvalue weighted by Gasteiger charge is -2.27. The normalized spacial score (nSPS) is 22.0. The summed E-state index contributed by atoms with van der Waals surface area (Å²) in [4.78, 5) is 11.0. The van der Waals surface area contributed by atoms with Gasteiger partial charge in [-0.25, -0.2) is 4.98 Å². The average molecular weight is 282 g/mol. The molecular weight excluding hydrogens is 256 g/mol. The van der Waals surface area contributed by atoms with E-state index in [9.17, 15) is 0 Å². The van der Waals surface area contributed by atoms with Crippen molar-refractivity contribution >= 4 is 16.5 Å². The van der Waals surface area contributed by atoms with Crippen LogP contribution in [0.15, 0.2) is 0 Å². The van der Waals surface area contributed by atoms with Gasteiger partial charge in [0.05, 0.1) is 5.69 Å². The van der Waals surface area contributed by atoms with E-state index in [0.29, 0.717) is 18.5 Å². The van der Waals surface area contributed by atoms with Crippen LogP contribution in [0, 0.1) is 0 Å². The fourth-order valence-corrected chi connectivity index (χ4v) is 3.95. The van der Waals surface area contributed by atoms with Crippen LogP contribution in [0.3, 0.4) is 0 Å². The molecule has 1 saturated heterocycles. The third-order valence-corrected chi connectivity index (χ3v) is 4.87. The fourth-order valence-electron chi connectivity index (χ4n) is 2.73. The highest BCUT2D eigenvalue weighted by Crippen LogP contribution is 2.32. The first-order chi connectivity index (χ1) is 9.02. The van der Waals surface area contributed by atoms with Crippen molar-refractivity contribution in [3.8, 4) is 0 Å². The van der Waals surface area contributed by atoms with E-state index in [2.05, 4.69) is 37.6 Å². The monoisotopic (exact) mass is 282 g/mol. The standard InChI is InChI=1S/C14H26N4S/c1-10(2)13-12(8-15)19-14(16-13)18-7-5-6-17(4)9-11(18)3/h10-11H,5-9,15H2,1-4H3. The Hall–Kier alpha value is -0.650. The molecule has 4 nitrogen and oxygen atoms in total. The summed E-state index contributed by atoms with van der Waals surface area (Å²) in [5, 5.41) is 1.16. The highest BCUT2D eigenvalue weighted by Gasteiger charge is 2.24. The predicted octanol–water partition coefficient (Wildman–Crippen LogP) is 2.26. The second-order valence-electron chi connectivity index (χ2n) is 5.82. The lowest BCUT2D eigenvalue weighted by molar-refractivity contribution is 0.337. The molecular formula is C14H26N4S. The van der Waals surface area contributed by atoms with Crippen molar-refractivity contribution in [1.29, 1.82) is 0 Å². The minimum atomic E-state index is 0.452. The molecule has 1 aliphatic heterocycles. The number of nitrogens with two attached hydrogens (primary N) is 1. The van der Waals surface area contributed by atoms with Crippen LogP contribution in [0.5, 0.6) is 0 Å². The zero-order chi connectivity index (χ0) is 14.0. The second-order valence-corrected chi connectivity index (χ2v) is 6.88. The minimum absolute atomic E-state index is 0.452. The van der Waals surface area contributed by atoms with Crippen molar-refractivity contribution in [3.05, 3.63) is 10.6 Å². The summed E-state index contributed by atoms with van der Waals surface area (Å²) in [5.41, 5.74) is 7.05. The zero-order valence-corrected chi connectivity index (χ0v) is 13.3. The van der Waals surface area contributed by atoms with Crippen LogP contribution in [0.2, 0.25) is 0 Å². The van der Waals surface area contributed by atoms with E-state index in [4.69, 9.17) is 10.7 Å². The van der Waals surface area contributed by atoms with Gasteiger partial charge in [0.1, 0.15) is 0 Å². The maximum Gasteiger partial charge on any atom is 0.186 e. The Morgan fingerprint density at radius 3 is 2.74 bits per heavy atom. The predicted molar refractivity (Wildman–Crippen MR) is 83.0 cm³/mol. The maximum atomic E-state index is 5.86. The summed E-state index contributed by atoms with van der Waals surface area (Å²) >= 11 is 1.78. The molecule has 0 saturated carbocycles. The van der Waals surface area contributed by atoms with Crippen LogP contribution in [-0.4, -0.2) is 42.6 Å². The van der Waals surface area contributed by atoms with Crippen LogP contribution in [-0.2, 0) is 6.54 Å². The summed E-state index contributed by atoms with van der Waals surface area (Å²) in [6.45, 7) is 10.7. The lowest BCUT2D eigenvalue weighted by atomic mass is 10.1. The van der Waals surface area contributed by atoms with E-state index < -0.39 is 0 Å². The van der Waals surface area contributed by atoms with E-state index >= 15 is 0 Å². The Morgan fingerprint density at radius 2 is 2.16 bits per heavy atom.